The van der Waals surface area contributed by atoms with Crippen LogP contribution in [0.4, 0.5) is 13.2 Å². The SMILES string of the molecule is Cc1c(CO)cc(C(=O)NCc2ccc(S(=O)(=O)C(C)C)cc2)c(=O)n1-c1cccc(C(F)(F)F)c1. The van der Waals surface area contributed by atoms with Gasteiger partial charge in [-0.25, -0.2) is 8.42 Å². The summed E-state index contributed by atoms with van der Waals surface area (Å²) in [6, 6.07) is 11.2. The monoisotopic (exact) mass is 522 g/mol. The number of nitrogens with one attached hydrogen (secondary N) is 1. The van der Waals surface area contributed by atoms with E-state index in [4.69, 9.17) is 0 Å². The molecule has 0 bridgehead atoms. The Balaban J connectivity index is 1.93. The number of halogens is 3. The topological polar surface area (TPSA) is 105 Å². The Hall–Kier alpha value is -3.44. The van der Waals surface area contributed by atoms with Crippen LogP contribution in [0.25, 0.3) is 5.69 Å². The summed E-state index contributed by atoms with van der Waals surface area (Å²) >= 11 is 0. The second-order valence-corrected chi connectivity index (χ2v) is 10.9. The number of aliphatic hydroxyl groups is 1. The van der Waals surface area contributed by atoms with Gasteiger partial charge in [-0.15, -0.1) is 0 Å². The Morgan fingerprint density at radius 1 is 1.08 bits per heavy atom. The van der Waals surface area contributed by atoms with Crippen LogP contribution >= 0.6 is 0 Å². The summed E-state index contributed by atoms with van der Waals surface area (Å²) in [5, 5.41) is 11.7. The quantitative estimate of drug-likeness (QED) is 0.492. The molecular formula is C25H25F3N2O5S. The predicted molar refractivity (Wildman–Crippen MR) is 128 cm³/mol. The number of pyridine rings is 1. The van der Waals surface area contributed by atoms with Crippen molar-refractivity contribution in [1.29, 1.82) is 0 Å². The number of rotatable bonds is 7. The average molecular weight is 523 g/mol. The lowest BCUT2D eigenvalue weighted by atomic mass is 10.1. The van der Waals surface area contributed by atoms with Gasteiger partial charge in [-0.05, 0) is 68.3 Å². The summed E-state index contributed by atoms with van der Waals surface area (Å²) in [6.45, 7) is 4.01. The molecule has 0 aliphatic carbocycles. The van der Waals surface area contributed by atoms with E-state index in [1.54, 1.807) is 13.8 Å². The van der Waals surface area contributed by atoms with E-state index in [2.05, 4.69) is 5.32 Å². The first kappa shape index (κ1) is 27.2. The van der Waals surface area contributed by atoms with E-state index >= 15 is 0 Å². The molecule has 36 heavy (non-hydrogen) atoms. The third-order valence-corrected chi connectivity index (χ3v) is 7.89. The molecule has 2 aromatic carbocycles. The van der Waals surface area contributed by atoms with Crippen molar-refractivity contribution in [3.05, 3.63) is 92.9 Å². The van der Waals surface area contributed by atoms with Crippen molar-refractivity contribution < 1.29 is 31.5 Å². The van der Waals surface area contributed by atoms with Gasteiger partial charge >= 0.3 is 6.18 Å². The molecule has 0 radical (unpaired) electrons. The van der Waals surface area contributed by atoms with E-state index in [1.165, 1.54) is 43.3 Å². The maximum atomic E-state index is 13.2. The third kappa shape index (κ3) is 5.52. The van der Waals surface area contributed by atoms with Crippen LogP contribution < -0.4 is 10.9 Å². The van der Waals surface area contributed by atoms with E-state index in [0.29, 0.717) is 5.56 Å². The van der Waals surface area contributed by atoms with Crippen LogP contribution in [0, 0.1) is 6.92 Å². The zero-order valence-corrected chi connectivity index (χ0v) is 20.6. The van der Waals surface area contributed by atoms with Crippen molar-refractivity contribution in [3.8, 4) is 5.69 Å². The number of hydrogen-bond donors (Lipinski definition) is 2. The van der Waals surface area contributed by atoms with Crippen molar-refractivity contribution >= 4 is 15.7 Å². The summed E-state index contributed by atoms with van der Waals surface area (Å²) in [7, 11) is -3.45. The Labute approximate surface area is 206 Å². The van der Waals surface area contributed by atoms with Crippen molar-refractivity contribution in [2.24, 2.45) is 0 Å². The number of carbonyl (C=O) groups is 1. The lowest BCUT2D eigenvalue weighted by Gasteiger charge is -2.17. The van der Waals surface area contributed by atoms with Gasteiger partial charge in [0.15, 0.2) is 9.84 Å². The number of hydrogen-bond acceptors (Lipinski definition) is 5. The van der Waals surface area contributed by atoms with Crippen LogP contribution in [-0.2, 0) is 29.2 Å². The molecule has 0 unspecified atom stereocenters. The van der Waals surface area contributed by atoms with Crippen LogP contribution in [0.15, 0.2) is 64.3 Å². The highest BCUT2D eigenvalue weighted by atomic mass is 32.2. The maximum absolute atomic E-state index is 13.2. The highest BCUT2D eigenvalue weighted by molar-refractivity contribution is 7.92. The van der Waals surface area contributed by atoms with Gasteiger partial charge in [-0.3, -0.25) is 14.2 Å². The van der Waals surface area contributed by atoms with Gasteiger partial charge in [0.25, 0.3) is 11.5 Å². The van der Waals surface area contributed by atoms with Gasteiger partial charge < -0.3 is 10.4 Å². The molecule has 0 aliphatic heterocycles. The van der Waals surface area contributed by atoms with Crippen molar-refractivity contribution in [3.63, 3.8) is 0 Å². The largest absolute Gasteiger partial charge is 0.416 e. The summed E-state index contributed by atoms with van der Waals surface area (Å²) in [4.78, 5) is 26.2. The van der Waals surface area contributed by atoms with Gasteiger partial charge in [-0.1, -0.05) is 18.2 Å². The van der Waals surface area contributed by atoms with Crippen LogP contribution in [0.3, 0.4) is 0 Å². The van der Waals surface area contributed by atoms with E-state index in [0.717, 1.165) is 22.8 Å². The number of amides is 1. The number of aliphatic hydroxyl groups excluding tert-OH is 1. The highest BCUT2D eigenvalue weighted by Gasteiger charge is 2.31. The first-order valence-electron chi connectivity index (χ1n) is 10.9. The number of benzene rings is 2. The molecule has 0 saturated heterocycles. The van der Waals surface area contributed by atoms with Crippen LogP contribution in [0.1, 0.15) is 46.6 Å². The minimum absolute atomic E-state index is 0.0355. The highest BCUT2D eigenvalue weighted by Crippen LogP contribution is 2.30. The molecule has 0 atom stereocenters. The van der Waals surface area contributed by atoms with E-state index in [9.17, 15) is 36.3 Å². The molecule has 7 nitrogen and oxygen atoms in total. The molecule has 0 aliphatic rings. The van der Waals surface area contributed by atoms with Gasteiger partial charge in [0, 0.05) is 17.9 Å². The first-order valence-corrected chi connectivity index (χ1v) is 12.5. The molecule has 0 fully saturated rings. The Kier molecular flexibility index (Phi) is 7.75. The summed E-state index contributed by atoms with van der Waals surface area (Å²) < 4.78 is 65.1. The third-order valence-electron chi connectivity index (χ3n) is 5.72. The zero-order valence-electron chi connectivity index (χ0n) is 19.8. The fourth-order valence-corrected chi connectivity index (χ4v) is 4.62. The van der Waals surface area contributed by atoms with Gasteiger partial charge in [0.05, 0.1) is 22.3 Å². The Bertz CT molecular complexity index is 1440. The van der Waals surface area contributed by atoms with Gasteiger partial charge in [0.1, 0.15) is 5.56 Å². The molecule has 11 heteroatoms. The summed E-state index contributed by atoms with van der Waals surface area (Å²) in [6.07, 6.45) is -4.63. The predicted octanol–water partition coefficient (Wildman–Crippen LogP) is 3.77. The van der Waals surface area contributed by atoms with Crippen LogP contribution in [0.5, 0.6) is 0 Å². The molecule has 2 N–H and O–H groups in total. The number of sulfone groups is 1. The standard InChI is InChI=1S/C25H25F3N2O5S/c1-15(2)36(34,35)21-9-7-17(8-10-21)13-29-23(32)22-11-18(14-31)16(3)30(24(22)33)20-6-4-5-19(12-20)25(26,27)28/h4-12,15,31H,13-14H2,1-3H3,(H,29,32). The molecule has 3 aromatic rings. The maximum Gasteiger partial charge on any atom is 0.416 e. The van der Waals surface area contributed by atoms with Crippen LogP contribution in [-0.4, -0.2) is 29.2 Å². The second-order valence-electron chi connectivity index (χ2n) is 8.44. The summed E-state index contributed by atoms with van der Waals surface area (Å²) in [5.74, 6) is -0.797. The lowest BCUT2D eigenvalue weighted by Crippen LogP contribution is -2.34. The molecule has 1 amide bonds. The van der Waals surface area contributed by atoms with Crippen molar-refractivity contribution in [2.45, 2.75) is 50.2 Å². The zero-order chi connectivity index (χ0) is 26.8. The number of aromatic nitrogens is 1. The van der Waals surface area contributed by atoms with E-state index in [1.807, 2.05) is 0 Å². The molecule has 0 spiro atoms. The number of carbonyl (C=O) groups excluding carboxylic acids is 1. The molecule has 1 aromatic heterocycles. The Morgan fingerprint density at radius 3 is 2.28 bits per heavy atom. The molecule has 192 valence electrons. The van der Waals surface area contributed by atoms with E-state index < -0.39 is 44.9 Å². The number of alkyl halides is 3. The fourth-order valence-electron chi connectivity index (χ4n) is 3.56. The number of nitrogens with zero attached hydrogens (tertiary/aromatic N) is 1. The average Bonchev–Trinajstić information content (AvgIpc) is 2.82. The smallest absolute Gasteiger partial charge is 0.392 e. The Morgan fingerprint density at radius 2 is 1.72 bits per heavy atom. The first-order chi connectivity index (χ1) is 16.8. The molecule has 3 rings (SSSR count). The van der Waals surface area contributed by atoms with Gasteiger partial charge in [-0.2, -0.15) is 13.2 Å². The van der Waals surface area contributed by atoms with Crippen molar-refractivity contribution in [1.82, 2.24) is 9.88 Å². The summed E-state index contributed by atoms with van der Waals surface area (Å²) in [5.41, 5.74) is -1.31. The second kappa shape index (κ2) is 10.3. The fraction of sp³-hybridized carbons (Fsp3) is 0.280. The molecular weight excluding hydrogens is 497 g/mol. The van der Waals surface area contributed by atoms with E-state index in [-0.39, 0.29) is 33.9 Å². The lowest BCUT2D eigenvalue weighted by molar-refractivity contribution is -0.137. The molecule has 1 heterocycles. The normalized spacial score (nSPS) is 12.1. The minimum atomic E-state index is -4.63. The van der Waals surface area contributed by atoms with Crippen LogP contribution in [0.2, 0.25) is 0 Å². The van der Waals surface area contributed by atoms with Gasteiger partial charge in [0.2, 0.25) is 0 Å². The van der Waals surface area contributed by atoms with Crippen molar-refractivity contribution in [2.75, 3.05) is 0 Å². The minimum Gasteiger partial charge on any atom is -0.392 e. The molecule has 0 saturated carbocycles.